The second-order valence-electron chi connectivity index (χ2n) is 3.98. The zero-order chi connectivity index (χ0) is 13.8. The van der Waals surface area contributed by atoms with Gasteiger partial charge in [0.1, 0.15) is 0 Å². The van der Waals surface area contributed by atoms with Crippen LogP contribution in [0.5, 0.6) is 0 Å². The average molecular weight is 377 g/mol. The van der Waals surface area contributed by atoms with E-state index in [2.05, 4.69) is 34.1 Å². The molecule has 5 heteroatoms. The molecule has 100 valence electrons. The van der Waals surface area contributed by atoms with E-state index in [1.165, 1.54) is 5.56 Å². The summed E-state index contributed by atoms with van der Waals surface area (Å²) in [6, 6.07) is 11.7. The largest absolute Gasteiger partial charge is 0.330 e. The molecule has 0 saturated heterocycles. The Labute approximate surface area is 135 Å². The number of benzene rings is 2. The molecule has 0 aromatic heterocycles. The van der Waals surface area contributed by atoms with Crippen LogP contribution in [0.15, 0.2) is 50.7 Å². The minimum absolute atomic E-state index is 0.652. The summed E-state index contributed by atoms with van der Waals surface area (Å²) in [6.45, 7) is 0.652. The lowest BCUT2D eigenvalue weighted by Gasteiger charge is -2.08. The molecule has 0 fully saturated rings. The molecular weight excluding hydrogens is 365 g/mol. The predicted molar refractivity (Wildman–Crippen MR) is 87.5 cm³/mol. The number of nitrogens with two attached hydrogens (primary N) is 1. The summed E-state index contributed by atoms with van der Waals surface area (Å²) in [5, 5.41) is 1.38. The first-order chi connectivity index (χ1) is 9.10. The maximum Gasteiger partial charge on any atom is 0.0546 e. The molecule has 1 nitrogen and oxygen atoms in total. The fourth-order valence-electron chi connectivity index (χ4n) is 1.62. The van der Waals surface area contributed by atoms with E-state index in [0.29, 0.717) is 16.6 Å². The maximum atomic E-state index is 6.17. The van der Waals surface area contributed by atoms with E-state index in [0.717, 1.165) is 20.7 Å². The predicted octanol–water partition coefficient (Wildman–Crippen LogP) is 5.41. The minimum atomic E-state index is 0.652. The van der Waals surface area contributed by atoms with Gasteiger partial charge in [0.05, 0.1) is 5.02 Å². The Hall–Kier alpha value is -0.190. The summed E-state index contributed by atoms with van der Waals surface area (Å²) in [4.78, 5) is 2.05. The molecule has 0 atom stereocenters. The van der Waals surface area contributed by atoms with Crippen molar-refractivity contribution in [2.75, 3.05) is 6.54 Å². The fraction of sp³-hybridized carbons (Fsp3) is 0.143. The van der Waals surface area contributed by atoms with Crippen molar-refractivity contribution in [1.82, 2.24) is 0 Å². The number of halogens is 3. The van der Waals surface area contributed by atoms with Crippen molar-refractivity contribution in [2.24, 2.45) is 5.73 Å². The summed E-state index contributed by atoms with van der Waals surface area (Å²) in [7, 11) is 0. The lowest BCUT2D eigenvalue weighted by molar-refractivity contribution is 0.965. The lowest BCUT2D eigenvalue weighted by Crippen LogP contribution is -2.02. The van der Waals surface area contributed by atoms with Crippen molar-refractivity contribution >= 4 is 50.9 Å². The summed E-state index contributed by atoms with van der Waals surface area (Å²) in [6.07, 6.45) is 0.876. The second kappa shape index (κ2) is 7.00. The van der Waals surface area contributed by atoms with E-state index < -0.39 is 0 Å². The van der Waals surface area contributed by atoms with Gasteiger partial charge in [-0.3, -0.25) is 0 Å². The van der Waals surface area contributed by atoms with Crippen molar-refractivity contribution in [3.05, 3.63) is 56.5 Å². The van der Waals surface area contributed by atoms with Gasteiger partial charge in [-0.05, 0) is 64.8 Å². The van der Waals surface area contributed by atoms with Crippen LogP contribution in [0.3, 0.4) is 0 Å². The quantitative estimate of drug-likeness (QED) is 0.771. The monoisotopic (exact) mass is 375 g/mol. The van der Waals surface area contributed by atoms with Gasteiger partial charge in [0.2, 0.25) is 0 Å². The third kappa shape index (κ3) is 4.14. The van der Waals surface area contributed by atoms with Gasteiger partial charge in [0.15, 0.2) is 0 Å². The highest BCUT2D eigenvalue weighted by Crippen LogP contribution is 2.38. The molecule has 0 bridgehead atoms. The van der Waals surface area contributed by atoms with E-state index in [1.807, 2.05) is 12.1 Å². The Bertz CT molecular complexity index is 590. The lowest BCUT2D eigenvalue weighted by atomic mass is 10.2. The topological polar surface area (TPSA) is 26.0 Å². The normalized spacial score (nSPS) is 10.7. The molecule has 0 aliphatic rings. The smallest absolute Gasteiger partial charge is 0.0546 e. The molecule has 0 aliphatic carbocycles. The summed E-state index contributed by atoms with van der Waals surface area (Å²) >= 11 is 17.3. The number of hydrogen-bond acceptors (Lipinski definition) is 2. The van der Waals surface area contributed by atoms with Gasteiger partial charge in [-0.2, -0.15) is 0 Å². The number of rotatable bonds is 4. The Morgan fingerprint density at radius 3 is 2.53 bits per heavy atom. The fourth-order valence-corrected chi connectivity index (χ4v) is 3.64. The molecular formula is C14H12BrCl2NS. The molecule has 0 saturated carbocycles. The van der Waals surface area contributed by atoms with Crippen LogP contribution in [0.1, 0.15) is 5.56 Å². The zero-order valence-electron chi connectivity index (χ0n) is 10.00. The van der Waals surface area contributed by atoms with Crippen molar-refractivity contribution in [3.8, 4) is 0 Å². The van der Waals surface area contributed by atoms with Crippen LogP contribution in [0.4, 0.5) is 0 Å². The second-order valence-corrected chi connectivity index (χ2v) is 6.76. The zero-order valence-corrected chi connectivity index (χ0v) is 13.9. The third-order valence-corrected chi connectivity index (χ3v) is 5.27. The molecule has 2 N–H and O–H groups in total. The number of hydrogen-bond donors (Lipinski definition) is 1. The summed E-state index contributed by atoms with van der Waals surface area (Å²) < 4.78 is 1.04. The highest BCUT2D eigenvalue weighted by molar-refractivity contribution is 9.10. The highest BCUT2D eigenvalue weighted by Gasteiger charge is 2.07. The van der Waals surface area contributed by atoms with E-state index in [9.17, 15) is 0 Å². The van der Waals surface area contributed by atoms with E-state index in [-0.39, 0.29) is 0 Å². The van der Waals surface area contributed by atoms with Crippen LogP contribution in [-0.2, 0) is 6.42 Å². The van der Waals surface area contributed by atoms with E-state index in [4.69, 9.17) is 28.9 Å². The molecule has 2 rings (SSSR count). The molecule has 0 radical (unpaired) electrons. The van der Waals surface area contributed by atoms with Gasteiger partial charge in [-0.1, -0.05) is 41.0 Å². The maximum absolute atomic E-state index is 6.17. The highest BCUT2D eigenvalue weighted by atomic mass is 79.9. The molecule has 0 aliphatic heterocycles. The van der Waals surface area contributed by atoms with Crippen LogP contribution in [0.25, 0.3) is 0 Å². The van der Waals surface area contributed by atoms with Crippen molar-refractivity contribution in [3.63, 3.8) is 0 Å². The van der Waals surface area contributed by atoms with E-state index in [1.54, 1.807) is 17.8 Å². The van der Waals surface area contributed by atoms with E-state index >= 15 is 0 Å². The molecule has 0 spiro atoms. The molecule has 2 aromatic rings. The SMILES string of the molecule is NCCc1ccc(Sc2cc(Cl)ccc2Cl)c(Br)c1. The molecule has 0 heterocycles. The molecule has 0 amide bonds. The van der Waals surface area contributed by atoms with Gasteiger partial charge in [-0.25, -0.2) is 0 Å². The first-order valence-electron chi connectivity index (χ1n) is 5.71. The van der Waals surface area contributed by atoms with Gasteiger partial charge in [0.25, 0.3) is 0 Å². The standard InChI is InChI=1S/C14H12BrCl2NS/c15-11-7-9(5-6-18)1-4-13(11)19-14-8-10(16)2-3-12(14)17/h1-4,7-8H,5-6,18H2. The first-order valence-corrected chi connectivity index (χ1v) is 8.08. The van der Waals surface area contributed by atoms with Crippen molar-refractivity contribution in [1.29, 1.82) is 0 Å². The van der Waals surface area contributed by atoms with Gasteiger partial charge in [0, 0.05) is 19.3 Å². The van der Waals surface area contributed by atoms with Crippen LogP contribution >= 0.6 is 50.9 Å². The Morgan fingerprint density at radius 1 is 1.05 bits per heavy atom. The Morgan fingerprint density at radius 2 is 1.84 bits per heavy atom. The molecule has 2 aromatic carbocycles. The molecule has 19 heavy (non-hydrogen) atoms. The van der Waals surface area contributed by atoms with Crippen LogP contribution in [-0.4, -0.2) is 6.54 Å². The Balaban J connectivity index is 2.25. The van der Waals surface area contributed by atoms with Crippen LogP contribution in [0.2, 0.25) is 10.0 Å². The first kappa shape index (κ1) is 15.2. The molecule has 0 unspecified atom stereocenters. The van der Waals surface area contributed by atoms with Gasteiger partial charge >= 0.3 is 0 Å². The third-order valence-electron chi connectivity index (χ3n) is 2.54. The Kier molecular flexibility index (Phi) is 5.60. The summed E-state index contributed by atoms with van der Waals surface area (Å²) in [5.41, 5.74) is 6.77. The van der Waals surface area contributed by atoms with Gasteiger partial charge in [-0.15, -0.1) is 0 Å². The minimum Gasteiger partial charge on any atom is -0.330 e. The van der Waals surface area contributed by atoms with Crippen LogP contribution < -0.4 is 5.73 Å². The van der Waals surface area contributed by atoms with Crippen molar-refractivity contribution in [2.45, 2.75) is 16.2 Å². The van der Waals surface area contributed by atoms with Crippen molar-refractivity contribution < 1.29 is 0 Å². The van der Waals surface area contributed by atoms with Crippen LogP contribution in [0, 0.1) is 0 Å². The average Bonchev–Trinajstić information content (AvgIpc) is 2.37. The summed E-state index contributed by atoms with van der Waals surface area (Å²) in [5.74, 6) is 0. The van der Waals surface area contributed by atoms with Gasteiger partial charge < -0.3 is 5.73 Å².